The lowest BCUT2D eigenvalue weighted by atomic mass is 10.3. The Morgan fingerprint density at radius 2 is 1.50 bits per heavy atom. The van der Waals surface area contributed by atoms with Crippen LogP contribution in [0.5, 0.6) is 0 Å². The lowest BCUT2D eigenvalue weighted by Crippen LogP contribution is -2.43. The smallest absolute Gasteiger partial charge is 0.338 e. The summed E-state index contributed by atoms with van der Waals surface area (Å²) in [5.74, 6) is 0.673. The average molecular weight is 246 g/mol. The van der Waals surface area contributed by atoms with Crippen LogP contribution in [0.2, 0.25) is 12.1 Å². The molecule has 3 heteroatoms. The molecule has 0 aromatic carbocycles. The molecule has 0 rings (SSSR count). The van der Waals surface area contributed by atoms with Gasteiger partial charge in [-0.3, -0.25) is 0 Å². The molecule has 0 bridgehead atoms. The topological polar surface area (TPSA) is 18.5 Å². The molecule has 0 aliphatic rings. The molecule has 0 spiro atoms. The van der Waals surface area contributed by atoms with E-state index >= 15 is 0 Å². The summed E-state index contributed by atoms with van der Waals surface area (Å²) < 4.78 is 12.1. The predicted molar refractivity (Wildman–Crippen MR) is 73.0 cm³/mol. The molecule has 16 heavy (non-hydrogen) atoms. The minimum atomic E-state index is -1.90. The minimum absolute atomic E-state index is 0.673. The zero-order valence-corrected chi connectivity index (χ0v) is 12.8. The maximum atomic E-state index is 6.04. The van der Waals surface area contributed by atoms with Gasteiger partial charge in [0.25, 0.3) is 0 Å². The number of hydrogen-bond donors (Lipinski definition) is 0. The highest BCUT2D eigenvalue weighted by molar-refractivity contribution is 6.67. The molecular formula is C13H30O2Si. The van der Waals surface area contributed by atoms with E-state index in [0.29, 0.717) is 5.92 Å². The molecule has 0 saturated heterocycles. The average Bonchev–Trinajstić information content (AvgIpc) is 2.17. The van der Waals surface area contributed by atoms with Gasteiger partial charge in [0.2, 0.25) is 0 Å². The first-order valence-corrected chi connectivity index (χ1v) is 9.11. The number of hydrogen-bond acceptors (Lipinski definition) is 2. The van der Waals surface area contributed by atoms with Gasteiger partial charge in [-0.15, -0.1) is 0 Å². The summed E-state index contributed by atoms with van der Waals surface area (Å²) in [7, 11) is -1.90. The Balaban J connectivity index is 4.37. The standard InChI is InChI=1S/C13H30O2Si/c1-6-9-10-11-16(14-7-2,15-8-3)12-13(4)5/h13H,6-12H2,1-5H3. The van der Waals surface area contributed by atoms with Gasteiger partial charge in [-0.2, -0.15) is 0 Å². The molecular weight excluding hydrogens is 216 g/mol. The van der Waals surface area contributed by atoms with Crippen LogP contribution >= 0.6 is 0 Å². The van der Waals surface area contributed by atoms with Crippen molar-refractivity contribution in [3.63, 3.8) is 0 Å². The molecule has 0 atom stereocenters. The van der Waals surface area contributed by atoms with Crippen LogP contribution < -0.4 is 0 Å². The van der Waals surface area contributed by atoms with Crippen LogP contribution in [0.25, 0.3) is 0 Å². The van der Waals surface area contributed by atoms with E-state index in [0.717, 1.165) is 19.3 Å². The summed E-state index contributed by atoms with van der Waals surface area (Å²) >= 11 is 0. The van der Waals surface area contributed by atoms with E-state index in [1.807, 2.05) is 0 Å². The van der Waals surface area contributed by atoms with Gasteiger partial charge in [-0.25, -0.2) is 0 Å². The molecule has 0 radical (unpaired) electrons. The second-order valence-electron chi connectivity index (χ2n) is 4.83. The maximum Gasteiger partial charge on any atom is 0.338 e. The van der Waals surface area contributed by atoms with E-state index in [2.05, 4.69) is 34.6 Å². The van der Waals surface area contributed by atoms with Crippen LogP contribution in [-0.2, 0) is 8.85 Å². The van der Waals surface area contributed by atoms with Gasteiger partial charge in [-0.05, 0) is 31.9 Å². The molecule has 0 aromatic rings. The monoisotopic (exact) mass is 246 g/mol. The first-order valence-electron chi connectivity index (χ1n) is 6.88. The molecule has 0 amide bonds. The highest BCUT2D eigenvalue weighted by atomic mass is 28.4. The summed E-state index contributed by atoms with van der Waals surface area (Å²) in [6.07, 6.45) is 3.83. The molecule has 0 aromatic heterocycles. The van der Waals surface area contributed by atoms with Gasteiger partial charge >= 0.3 is 8.56 Å². The third-order valence-corrected chi connectivity index (χ3v) is 6.88. The van der Waals surface area contributed by atoms with Crippen molar-refractivity contribution in [3.8, 4) is 0 Å². The quantitative estimate of drug-likeness (QED) is 0.421. The van der Waals surface area contributed by atoms with Gasteiger partial charge < -0.3 is 8.85 Å². The van der Waals surface area contributed by atoms with E-state index in [9.17, 15) is 0 Å². The van der Waals surface area contributed by atoms with Gasteiger partial charge in [-0.1, -0.05) is 40.0 Å². The fraction of sp³-hybridized carbons (Fsp3) is 1.00. The van der Waals surface area contributed by atoms with Crippen molar-refractivity contribution < 1.29 is 8.85 Å². The normalized spacial score (nSPS) is 12.4. The van der Waals surface area contributed by atoms with Gasteiger partial charge in [0.05, 0.1) is 0 Å². The van der Waals surface area contributed by atoms with Crippen molar-refractivity contribution in [1.82, 2.24) is 0 Å². The Bertz CT molecular complexity index is 154. The van der Waals surface area contributed by atoms with Crippen molar-refractivity contribution in [2.75, 3.05) is 13.2 Å². The van der Waals surface area contributed by atoms with Crippen LogP contribution in [0.15, 0.2) is 0 Å². The summed E-state index contributed by atoms with van der Waals surface area (Å²) in [5.41, 5.74) is 0. The summed E-state index contributed by atoms with van der Waals surface area (Å²) in [6.45, 7) is 12.5. The SMILES string of the molecule is CCCCC[Si](CC(C)C)(OCC)OCC. The molecule has 2 nitrogen and oxygen atoms in total. The largest absolute Gasteiger partial charge is 0.394 e. The third-order valence-electron chi connectivity index (χ3n) is 2.70. The first-order chi connectivity index (χ1) is 7.60. The van der Waals surface area contributed by atoms with Crippen molar-refractivity contribution in [2.45, 2.75) is 66.0 Å². The molecule has 0 heterocycles. The van der Waals surface area contributed by atoms with E-state index < -0.39 is 8.56 Å². The molecule has 0 aliphatic carbocycles. The minimum Gasteiger partial charge on any atom is -0.394 e. The van der Waals surface area contributed by atoms with Crippen LogP contribution in [0.4, 0.5) is 0 Å². The Morgan fingerprint density at radius 1 is 0.938 bits per heavy atom. The van der Waals surface area contributed by atoms with Crippen molar-refractivity contribution in [2.24, 2.45) is 5.92 Å². The Kier molecular flexibility index (Phi) is 9.28. The van der Waals surface area contributed by atoms with Crippen molar-refractivity contribution in [3.05, 3.63) is 0 Å². The molecule has 0 aliphatic heterocycles. The van der Waals surface area contributed by atoms with Crippen LogP contribution in [0, 0.1) is 5.92 Å². The highest BCUT2D eigenvalue weighted by Crippen LogP contribution is 2.26. The Hall–Kier alpha value is 0.137. The van der Waals surface area contributed by atoms with Crippen molar-refractivity contribution in [1.29, 1.82) is 0 Å². The predicted octanol–water partition coefficient (Wildman–Crippen LogP) is 4.35. The van der Waals surface area contributed by atoms with Crippen molar-refractivity contribution >= 4 is 8.56 Å². The van der Waals surface area contributed by atoms with Crippen LogP contribution in [-0.4, -0.2) is 21.8 Å². The van der Waals surface area contributed by atoms with E-state index in [4.69, 9.17) is 8.85 Å². The van der Waals surface area contributed by atoms with E-state index in [1.54, 1.807) is 0 Å². The zero-order valence-electron chi connectivity index (χ0n) is 11.8. The molecule has 98 valence electrons. The second kappa shape index (κ2) is 9.20. The van der Waals surface area contributed by atoms with Crippen LogP contribution in [0.3, 0.4) is 0 Å². The molecule has 0 N–H and O–H groups in total. The zero-order chi connectivity index (χ0) is 12.4. The fourth-order valence-corrected chi connectivity index (χ4v) is 6.10. The van der Waals surface area contributed by atoms with E-state index in [1.165, 1.54) is 25.3 Å². The lowest BCUT2D eigenvalue weighted by Gasteiger charge is -2.31. The third kappa shape index (κ3) is 6.66. The lowest BCUT2D eigenvalue weighted by molar-refractivity contribution is 0.177. The Labute approximate surface area is 103 Å². The Morgan fingerprint density at radius 3 is 1.88 bits per heavy atom. The highest BCUT2D eigenvalue weighted by Gasteiger charge is 2.36. The summed E-state index contributed by atoms with van der Waals surface area (Å²) in [5, 5.41) is 0. The number of unbranched alkanes of at least 4 members (excludes halogenated alkanes) is 2. The fourth-order valence-electron chi connectivity index (χ4n) is 2.20. The second-order valence-corrected chi connectivity index (χ2v) is 8.14. The van der Waals surface area contributed by atoms with Gasteiger partial charge in [0, 0.05) is 13.2 Å². The van der Waals surface area contributed by atoms with Gasteiger partial charge in [0.1, 0.15) is 0 Å². The van der Waals surface area contributed by atoms with E-state index in [-0.39, 0.29) is 0 Å². The summed E-state index contributed by atoms with van der Waals surface area (Å²) in [4.78, 5) is 0. The molecule has 0 fully saturated rings. The molecule has 0 saturated carbocycles. The summed E-state index contributed by atoms with van der Waals surface area (Å²) in [6, 6.07) is 2.30. The molecule has 0 unspecified atom stereocenters. The van der Waals surface area contributed by atoms with Crippen LogP contribution in [0.1, 0.15) is 53.9 Å². The van der Waals surface area contributed by atoms with Gasteiger partial charge in [0.15, 0.2) is 0 Å². The first kappa shape index (κ1) is 16.1. The number of rotatable bonds is 10. The maximum absolute atomic E-state index is 6.04.